The Hall–Kier alpha value is -1.55. The zero-order valence-electron chi connectivity index (χ0n) is 13.4. The zero-order valence-corrected chi connectivity index (χ0v) is 15.8. The minimum absolute atomic E-state index is 0.0811. The molecular formula is C16H16BrFN4O2S. The molecule has 0 amide bonds. The van der Waals surface area contributed by atoms with Gasteiger partial charge in [-0.25, -0.2) is 9.37 Å². The first kappa shape index (κ1) is 16.9. The first-order chi connectivity index (χ1) is 12.0. The van der Waals surface area contributed by atoms with Gasteiger partial charge >= 0.3 is 0 Å². The van der Waals surface area contributed by atoms with Crippen LogP contribution in [0.2, 0.25) is 0 Å². The third-order valence-corrected chi connectivity index (χ3v) is 5.90. The molecule has 0 radical (unpaired) electrons. The van der Waals surface area contributed by atoms with E-state index in [1.54, 1.807) is 19.1 Å². The van der Waals surface area contributed by atoms with Gasteiger partial charge in [-0.1, -0.05) is 17.4 Å². The number of hydrogen-bond donors (Lipinski definition) is 1. The van der Waals surface area contributed by atoms with Crippen molar-refractivity contribution < 1.29 is 14.2 Å². The molecule has 4 rings (SSSR count). The molecule has 132 valence electrons. The van der Waals surface area contributed by atoms with E-state index in [0.29, 0.717) is 28.5 Å². The molecule has 2 aromatic heterocycles. The van der Waals surface area contributed by atoms with Gasteiger partial charge in [0.1, 0.15) is 11.6 Å². The monoisotopic (exact) mass is 426 g/mol. The highest BCUT2D eigenvalue weighted by atomic mass is 79.9. The van der Waals surface area contributed by atoms with Crippen LogP contribution in [-0.4, -0.2) is 50.9 Å². The van der Waals surface area contributed by atoms with Crippen LogP contribution in [0, 0.1) is 12.7 Å². The Kier molecular flexibility index (Phi) is 4.48. The SMILES string of the molecule is Cc1nc2sc([C@H](c3ccc(F)c(Br)c3)N3CCOCC3)c(O)n2n1. The Balaban J connectivity index is 1.84. The Morgan fingerprint density at radius 1 is 1.36 bits per heavy atom. The van der Waals surface area contributed by atoms with E-state index in [-0.39, 0.29) is 17.7 Å². The molecule has 0 spiro atoms. The highest BCUT2D eigenvalue weighted by molar-refractivity contribution is 9.10. The van der Waals surface area contributed by atoms with Crippen LogP contribution in [0.4, 0.5) is 4.39 Å². The van der Waals surface area contributed by atoms with Crippen LogP contribution in [0.3, 0.4) is 0 Å². The smallest absolute Gasteiger partial charge is 0.230 e. The maximum Gasteiger partial charge on any atom is 0.230 e. The fourth-order valence-corrected chi connectivity index (χ4v) is 4.63. The van der Waals surface area contributed by atoms with E-state index < -0.39 is 0 Å². The van der Waals surface area contributed by atoms with E-state index in [9.17, 15) is 9.50 Å². The molecule has 1 atom stereocenters. The van der Waals surface area contributed by atoms with E-state index in [2.05, 4.69) is 30.9 Å². The number of fused-ring (bicyclic) bond motifs is 1. The summed E-state index contributed by atoms with van der Waals surface area (Å²) in [6.07, 6.45) is 0. The number of thiazole rings is 1. The lowest BCUT2D eigenvalue weighted by Crippen LogP contribution is -2.39. The Labute approximate surface area is 156 Å². The number of aromatic nitrogens is 3. The van der Waals surface area contributed by atoms with Crippen LogP contribution >= 0.6 is 27.3 Å². The van der Waals surface area contributed by atoms with Crippen molar-refractivity contribution in [1.29, 1.82) is 0 Å². The van der Waals surface area contributed by atoms with Gasteiger partial charge in [0, 0.05) is 13.1 Å². The zero-order chi connectivity index (χ0) is 17.6. The molecule has 25 heavy (non-hydrogen) atoms. The van der Waals surface area contributed by atoms with Gasteiger partial charge in [-0.3, -0.25) is 4.90 Å². The number of rotatable bonds is 3. The third-order valence-electron chi connectivity index (χ3n) is 4.22. The molecule has 1 aliphatic heterocycles. The Morgan fingerprint density at radius 2 is 2.12 bits per heavy atom. The standard InChI is InChI=1S/C16H16BrFN4O2S/c1-9-19-16-22(20-9)15(23)14(25-16)13(21-4-6-24-7-5-21)10-2-3-12(18)11(17)8-10/h2-3,8,13,23H,4-7H2,1H3/t13-/m0/s1. The molecule has 0 bridgehead atoms. The van der Waals surface area contributed by atoms with Crippen molar-refractivity contribution in [2.75, 3.05) is 26.3 Å². The lowest BCUT2D eigenvalue weighted by molar-refractivity contribution is 0.0241. The lowest BCUT2D eigenvalue weighted by atomic mass is 10.0. The molecule has 3 aromatic rings. The van der Waals surface area contributed by atoms with E-state index in [1.807, 2.05) is 0 Å². The third kappa shape index (κ3) is 3.05. The van der Waals surface area contributed by atoms with Crippen LogP contribution in [-0.2, 0) is 4.74 Å². The molecule has 3 heterocycles. The summed E-state index contributed by atoms with van der Waals surface area (Å²) in [7, 11) is 0. The van der Waals surface area contributed by atoms with Gasteiger partial charge in [-0.15, -0.1) is 5.10 Å². The molecule has 1 aromatic carbocycles. The van der Waals surface area contributed by atoms with Crippen LogP contribution in [0.25, 0.3) is 4.96 Å². The summed E-state index contributed by atoms with van der Waals surface area (Å²) in [6, 6.07) is 4.73. The fraction of sp³-hybridized carbons (Fsp3) is 0.375. The van der Waals surface area contributed by atoms with Gasteiger partial charge in [0.25, 0.3) is 0 Å². The summed E-state index contributed by atoms with van der Waals surface area (Å²) >= 11 is 4.66. The van der Waals surface area contributed by atoms with Crippen LogP contribution < -0.4 is 0 Å². The number of morpholine rings is 1. The number of benzene rings is 1. The Bertz CT molecular complexity index is 922. The van der Waals surface area contributed by atoms with Crippen LogP contribution in [0.15, 0.2) is 22.7 Å². The fourth-order valence-electron chi connectivity index (χ4n) is 3.07. The van der Waals surface area contributed by atoms with Gasteiger partial charge in [-0.2, -0.15) is 4.52 Å². The molecule has 9 heteroatoms. The summed E-state index contributed by atoms with van der Waals surface area (Å²) in [5, 5.41) is 15.0. The van der Waals surface area contributed by atoms with Crippen molar-refractivity contribution in [3.05, 3.63) is 44.8 Å². The second-order valence-electron chi connectivity index (χ2n) is 5.87. The van der Waals surface area contributed by atoms with E-state index in [1.165, 1.54) is 21.9 Å². The first-order valence-corrected chi connectivity index (χ1v) is 9.47. The molecule has 0 aliphatic carbocycles. The molecule has 1 saturated heterocycles. The summed E-state index contributed by atoms with van der Waals surface area (Å²) < 4.78 is 21.0. The summed E-state index contributed by atoms with van der Waals surface area (Å²) in [5.41, 5.74) is 0.895. The predicted octanol–water partition coefficient (Wildman–Crippen LogP) is 3.13. The maximum absolute atomic E-state index is 13.7. The van der Waals surface area contributed by atoms with E-state index in [0.717, 1.165) is 23.5 Å². The summed E-state index contributed by atoms with van der Waals surface area (Å²) in [5.74, 6) is 0.380. The highest BCUT2D eigenvalue weighted by Gasteiger charge is 2.30. The highest BCUT2D eigenvalue weighted by Crippen LogP contribution is 2.40. The number of hydrogen-bond acceptors (Lipinski definition) is 6. The second kappa shape index (κ2) is 6.64. The molecule has 1 fully saturated rings. The normalized spacial score (nSPS) is 17.2. The van der Waals surface area contributed by atoms with Crippen LogP contribution in [0.1, 0.15) is 22.3 Å². The number of halogens is 2. The van der Waals surface area contributed by atoms with Crippen molar-refractivity contribution in [1.82, 2.24) is 19.5 Å². The minimum Gasteiger partial charge on any atom is -0.492 e. The van der Waals surface area contributed by atoms with Crippen molar-refractivity contribution >= 4 is 32.2 Å². The quantitative estimate of drug-likeness (QED) is 0.696. The molecule has 6 nitrogen and oxygen atoms in total. The van der Waals surface area contributed by atoms with Crippen molar-refractivity contribution in [2.45, 2.75) is 13.0 Å². The van der Waals surface area contributed by atoms with Gasteiger partial charge in [-0.05, 0) is 40.5 Å². The average Bonchev–Trinajstić information content (AvgIpc) is 3.10. The first-order valence-electron chi connectivity index (χ1n) is 7.86. The summed E-state index contributed by atoms with van der Waals surface area (Å²) in [4.78, 5) is 7.96. The van der Waals surface area contributed by atoms with Gasteiger partial charge in [0.15, 0.2) is 0 Å². The average molecular weight is 427 g/mol. The summed E-state index contributed by atoms with van der Waals surface area (Å²) in [6.45, 7) is 4.49. The number of ether oxygens (including phenoxy) is 1. The lowest BCUT2D eigenvalue weighted by Gasteiger charge is -2.34. The topological polar surface area (TPSA) is 62.9 Å². The number of aryl methyl sites for hydroxylation is 1. The second-order valence-corrected chi connectivity index (χ2v) is 7.73. The van der Waals surface area contributed by atoms with E-state index in [4.69, 9.17) is 4.74 Å². The minimum atomic E-state index is -0.313. The van der Waals surface area contributed by atoms with Crippen LogP contribution in [0.5, 0.6) is 5.88 Å². The van der Waals surface area contributed by atoms with E-state index >= 15 is 0 Å². The van der Waals surface area contributed by atoms with Crippen molar-refractivity contribution in [2.24, 2.45) is 0 Å². The number of aromatic hydroxyl groups is 1. The molecule has 1 N–H and O–H groups in total. The van der Waals surface area contributed by atoms with Gasteiger partial charge < -0.3 is 9.84 Å². The Morgan fingerprint density at radius 3 is 2.80 bits per heavy atom. The van der Waals surface area contributed by atoms with Gasteiger partial charge in [0.05, 0.1) is 28.6 Å². The largest absolute Gasteiger partial charge is 0.492 e. The van der Waals surface area contributed by atoms with Crippen molar-refractivity contribution in [3.63, 3.8) is 0 Å². The molecule has 0 saturated carbocycles. The maximum atomic E-state index is 13.7. The molecule has 0 unspecified atom stereocenters. The van der Waals surface area contributed by atoms with Crippen molar-refractivity contribution in [3.8, 4) is 5.88 Å². The predicted molar refractivity (Wildman–Crippen MR) is 95.6 cm³/mol. The van der Waals surface area contributed by atoms with Gasteiger partial charge in [0.2, 0.25) is 10.8 Å². The molecular weight excluding hydrogens is 411 g/mol. The molecule has 1 aliphatic rings. The number of nitrogens with zero attached hydrogens (tertiary/aromatic N) is 4.